The molecule has 0 radical (unpaired) electrons. The molecular weight excluding hydrogens is 392 g/mol. The summed E-state index contributed by atoms with van der Waals surface area (Å²) < 4.78 is 34.4. The number of nitrogens with zero attached hydrogens (tertiary/aromatic N) is 2. The summed E-state index contributed by atoms with van der Waals surface area (Å²) in [6.07, 6.45) is 0.252. The van der Waals surface area contributed by atoms with Crippen LogP contribution in [0, 0.1) is 6.92 Å². The highest BCUT2D eigenvalue weighted by Crippen LogP contribution is 2.32. The van der Waals surface area contributed by atoms with Crippen molar-refractivity contribution in [2.75, 3.05) is 11.4 Å². The highest BCUT2D eigenvalue weighted by molar-refractivity contribution is 7.80. The summed E-state index contributed by atoms with van der Waals surface area (Å²) in [7, 11) is -4.71. The van der Waals surface area contributed by atoms with E-state index in [-0.39, 0.29) is 18.9 Å². The highest BCUT2D eigenvalue weighted by atomic mass is 35.5. The Morgan fingerprint density at radius 1 is 1.38 bits per heavy atom. The minimum atomic E-state index is -4.71. The third-order valence-corrected chi connectivity index (χ3v) is 4.49. The van der Waals surface area contributed by atoms with Crippen molar-refractivity contribution in [3.8, 4) is 0 Å². The molecule has 1 heterocycles. The van der Waals surface area contributed by atoms with E-state index in [0.29, 0.717) is 27.5 Å². The van der Waals surface area contributed by atoms with Gasteiger partial charge in [-0.15, -0.1) is 0 Å². The number of benzene rings is 2. The molecule has 7 nitrogen and oxygen atoms in total. The molecule has 26 heavy (non-hydrogen) atoms. The quantitative estimate of drug-likeness (QED) is 0.623. The average Bonchev–Trinajstić information content (AvgIpc) is 2.58. The van der Waals surface area contributed by atoms with E-state index in [1.54, 1.807) is 35.2 Å². The Balaban J connectivity index is 2.03. The van der Waals surface area contributed by atoms with Crippen LogP contribution >= 0.6 is 11.6 Å². The summed E-state index contributed by atoms with van der Waals surface area (Å²) in [5, 5.41) is 3.93. The van der Waals surface area contributed by atoms with Gasteiger partial charge in [0.1, 0.15) is 0 Å². The first-order valence-corrected chi connectivity index (χ1v) is 9.41. The summed E-state index contributed by atoms with van der Waals surface area (Å²) in [5.74, 6) is -0.193. The van der Waals surface area contributed by atoms with Gasteiger partial charge in [0.2, 0.25) is 0 Å². The Kier molecular flexibility index (Phi) is 4.99. The number of amides is 1. The fraction of sp³-hybridized carbons (Fsp3) is 0.176. The van der Waals surface area contributed by atoms with Crippen molar-refractivity contribution in [2.45, 2.75) is 13.3 Å². The second-order valence-electron chi connectivity index (χ2n) is 5.72. The molecule has 0 aliphatic carbocycles. The maximum atomic E-state index is 13.0. The molecule has 0 aromatic heterocycles. The number of hydrogen-bond acceptors (Lipinski definition) is 5. The summed E-state index contributed by atoms with van der Waals surface area (Å²) in [5.41, 5.74) is 2.70. The second-order valence-corrected chi connectivity index (χ2v) is 7.16. The number of halogens is 1. The maximum absolute atomic E-state index is 13.0. The molecule has 0 fully saturated rings. The number of carbonyl (C=O) groups excluding carboxylic acids is 1. The normalized spacial score (nSPS) is 15.7. The van der Waals surface area contributed by atoms with E-state index in [9.17, 15) is 13.2 Å². The molecule has 0 atom stereocenters. The van der Waals surface area contributed by atoms with E-state index in [1.807, 2.05) is 19.1 Å². The maximum Gasteiger partial charge on any atom is 0.466 e. The highest BCUT2D eigenvalue weighted by Gasteiger charge is 2.28. The van der Waals surface area contributed by atoms with Gasteiger partial charge in [-0.3, -0.25) is 9.35 Å². The van der Waals surface area contributed by atoms with Crippen LogP contribution in [0.1, 0.15) is 27.9 Å². The molecule has 0 unspecified atom stereocenters. The zero-order valence-electron chi connectivity index (χ0n) is 13.7. The number of anilines is 1. The lowest BCUT2D eigenvalue weighted by Crippen LogP contribution is -2.38. The van der Waals surface area contributed by atoms with E-state index in [0.717, 1.165) is 5.56 Å². The monoisotopic (exact) mass is 406 g/mol. The second kappa shape index (κ2) is 7.06. The Morgan fingerprint density at radius 2 is 2.12 bits per heavy atom. The predicted octanol–water partition coefficient (Wildman–Crippen LogP) is 3.22. The first-order valence-electron chi connectivity index (χ1n) is 7.66. The standard InChI is InChI=1S/C17H15ClN2O5S/c1-11-4-2-3-5-13(11)17(21)20-9-8-15(19-25-26(22,23)24)14-7-6-12(18)10-16(14)20/h2-7,10H,8-9H2,1H3,(H,22,23,24)/b19-15-/i6+2,7+2,10+2,12+2,14+2,16+2. The van der Waals surface area contributed by atoms with Gasteiger partial charge in [-0.2, -0.15) is 8.42 Å². The van der Waals surface area contributed by atoms with Crippen LogP contribution in [0.3, 0.4) is 0 Å². The van der Waals surface area contributed by atoms with Crippen molar-refractivity contribution in [1.29, 1.82) is 0 Å². The van der Waals surface area contributed by atoms with E-state index in [4.69, 9.17) is 16.2 Å². The van der Waals surface area contributed by atoms with E-state index in [1.165, 1.54) is 0 Å². The largest absolute Gasteiger partial charge is 0.466 e. The van der Waals surface area contributed by atoms with Gasteiger partial charge in [0.15, 0.2) is 0 Å². The van der Waals surface area contributed by atoms with Crippen molar-refractivity contribution < 1.29 is 22.0 Å². The Morgan fingerprint density at radius 3 is 2.81 bits per heavy atom. The van der Waals surface area contributed by atoms with Gasteiger partial charge in [0.05, 0.1) is 11.4 Å². The van der Waals surface area contributed by atoms with Gasteiger partial charge >= 0.3 is 10.4 Å². The van der Waals surface area contributed by atoms with Crippen molar-refractivity contribution in [3.63, 3.8) is 0 Å². The van der Waals surface area contributed by atoms with Gasteiger partial charge in [0, 0.05) is 29.1 Å². The van der Waals surface area contributed by atoms with Crippen LogP contribution in [-0.2, 0) is 14.7 Å². The fourth-order valence-corrected chi connectivity index (χ4v) is 3.15. The minimum absolute atomic E-state index is 0.193. The molecule has 2 aromatic carbocycles. The molecule has 136 valence electrons. The van der Waals surface area contributed by atoms with Crippen LogP contribution in [-0.4, -0.2) is 31.1 Å². The first kappa shape index (κ1) is 18.4. The Labute approximate surface area is 155 Å². The lowest BCUT2D eigenvalue weighted by atomic mass is 10.1. The van der Waals surface area contributed by atoms with Crippen molar-refractivity contribution in [3.05, 3.63) is 64.2 Å². The lowest BCUT2D eigenvalue weighted by Gasteiger charge is -2.30. The minimum Gasteiger partial charge on any atom is -0.307 e. The molecule has 1 N–H and O–H groups in total. The molecule has 2 aromatic rings. The zero-order chi connectivity index (χ0) is 18.9. The zero-order valence-corrected chi connectivity index (χ0v) is 15.3. The van der Waals surface area contributed by atoms with E-state index < -0.39 is 10.4 Å². The van der Waals surface area contributed by atoms with Gasteiger partial charge in [0.25, 0.3) is 5.91 Å². The van der Waals surface area contributed by atoms with Crippen LogP contribution in [0.25, 0.3) is 0 Å². The van der Waals surface area contributed by atoms with Crippen LogP contribution in [0.15, 0.2) is 47.6 Å². The number of rotatable bonds is 3. The van der Waals surface area contributed by atoms with Gasteiger partial charge < -0.3 is 4.90 Å². The Hall–Kier alpha value is -2.42. The molecule has 1 aliphatic heterocycles. The smallest absolute Gasteiger partial charge is 0.307 e. The summed E-state index contributed by atoms with van der Waals surface area (Å²) in [6.45, 7) is 2.11. The average molecular weight is 407 g/mol. The number of aryl methyl sites for hydroxylation is 1. The summed E-state index contributed by atoms with van der Waals surface area (Å²) in [4.78, 5) is 14.6. The number of oxime groups is 1. The third-order valence-electron chi connectivity index (χ3n) is 4.00. The lowest BCUT2D eigenvalue weighted by molar-refractivity contribution is 0.0986. The molecule has 3 rings (SSSR count). The van der Waals surface area contributed by atoms with Gasteiger partial charge in [-0.05, 0) is 36.8 Å². The molecule has 9 heteroatoms. The summed E-state index contributed by atoms with van der Waals surface area (Å²) >= 11 is 6.08. The van der Waals surface area contributed by atoms with Crippen LogP contribution in [0.2, 0.25) is 5.02 Å². The van der Waals surface area contributed by atoms with Crippen molar-refractivity contribution in [2.24, 2.45) is 5.16 Å². The fourth-order valence-electron chi connectivity index (χ4n) is 2.80. The van der Waals surface area contributed by atoms with Crippen molar-refractivity contribution >= 4 is 39.3 Å². The number of hydrogen-bond donors (Lipinski definition) is 1. The molecule has 0 saturated carbocycles. The molecular formula is C17H15ClN2O5S. The van der Waals surface area contributed by atoms with E-state index >= 15 is 0 Å². The van der Waals surface area contributed by atoms with Crippen LogP contribution in [0.4, 0.5) is 5.69 Å². The Bertz CT molecular complexity index is 1000. The molecule has 0 bridgehead atoms. The van der Waals surface area contributed by atoms with E-state index in [2.05, 4.69) is 9.44 Å². The van der Waals surface area contributed by atoms with Gasteiger partial charge in [-0.1, -0.05) is 35.0 Å². The summed E-state index contributed by atoms with van der Waals surface area (Å²) in [6, 6.07) is 12.1. The first-order chi connectivity index (χ1) is 12.3. The molecule has 0 saturated heterocycles. The van der Waals surface area contributed by atoms with Crippen LogP contribution in [0.5, 0.6) is 0 Å². The SMILES string of the molecule is Cc1ccccc1C(=O)N1CC/C(=N/OS(=O)(=O)O)[14c]2[14cH][14cH][14c](Cl)[14cH][14c]21. The van der Waals surface area contributed by atoms with Crippen LogP contribution < -0.4 is 4.90 Å². The molecule has 0 spiro atoms. The third kappa shape index (κ3) is 3.87. The number of carbonyl (C=O) groups is 1. The van der Waals surface area contributed by atoms with Crippen molar-refractivity contribution in [1.82, 2.24) is 0 Å². The topological polar surface area (TPSA) is 96.3 Å². The predicted molar refractivity (Wildman–Crippen MR) is 98.1 cm³/mol. The number of fused-ring (bicyclic) bond motifs is 1. The molecule has 1 aliphatic rings. The molecule has 1 amide bonds. The van der Waals surface area contributed by atoms with Gasteiger partial charge in [-0.25, -0.2) is 4.28 Å².